The monoisotopic (exact) mass is 397 g/mol. The quantitative estimate of drug-likeness (QED) is 0.665. The summed E-state index contributed by atoms with van der Waals surface area (Å²) in [6, 6.07) is 8.61. The van der Waals surface area contributed by atoms with E-state index >= 15 is 0 Å². The molecule has 0 fully saturated rings. The van der Waals surface area contributed by atoms with E-state index in [0.717, 1.165) is 18.2 Å². The van der Waals surface area contributed by atoms with Crippen molar-refractivity contribution in [2.24, 2.45) is 0 Å². The highest BCUT2D eigenvalue weighted by atomic mass is 19.4. The van der Waals surface area contributed by atoms with Gasteiger partial charge in [0.25, 0.3) is 0 Å². The van der Waals surface area contributed by atoms with Gasteiger partial charge in [0.2, 0.25) is 5.91 Å². The highest BCUT2D eigenvalue weighted by Crippen LogP contribution is 2.35. The van der Waals surface area contributed by atoms with Gasteiger partial charge in [-0.25, -0.2) is 4.79 Å². The molecule has 2 aromatic rings. The van der Waals surface area contributed by atoms with E-state index < -0.39 is 23.6 Å². The van der Waals surface area contributed by atoms with Crippen molar-refractivity contribution in [1.29, 1.82) is 0 Å². The Morgan fingerprint density at radius 2 is 1.82 bits per heavy atom. The van der Waals surface area contributed by atoms with Crippen molar-refractivity contribution in [2.45, 2.75) is 12.6 Å². The van der Waals surface area contributed by atoms with Gasteiger partial charge in [-0.3, -0.25) is 4.79 Å². The first kappa shape index (κ1) is 21.2. The number of carbonyl (C=O) groups excluding carboxylic acids is 1. The van der Waals surface area contributed by atoms with E-state index in [2.05, 4.69) is 5.32 Å². The number of anilines is 1. The average molecular weight is 397 g/mol. The SMILES string of the molecule is COCCOc1ccc(C(F)(F)F)cc1NC(=O)Cc1ccccc1C(=O)O. The van der Waals surface area contributed by atoms with Gasteiger partial charge in [-0.1, -0.05) is 18.2 Å². The summed E-state index contributed by atoms with van der Waals surface area (Å²) in [6.45, 7) is 0.285. The standard InChI is InChI=1S/C19H18F3NO5/c1-27-8-9-28-16-7-6-13(19(20,21)22)11-15(16)23-17(24)10-12-4-2-3-5-14(12)18(25)26/h2-7,11H,8-10H2,1H3,(H,23,24)(H,25,26). The second-order valence-corrected chi connectivity index (χ2v) is 5.74. The Balaban J connectivity index is 2.24. The lowest BCUT2D eigenvalue weighted by Gasteiger charge is -2.15. The minimum Gasteiger partial charge on any atom is -0.489 e. The first-order valence-corrected chi connectivity index (χ1v) is 8.16. The van der Waals surface area contributed by atoms with Crippen LogP contribution in [-0.2, 0) is 22.1 Å². The molecule has 150 valence electrons. The molecule has 0 saturated carbocycles. The van der Waals surface area contributed by atoms with E-state index in [1.807, 2.05) is 0 Å². The molecule has 6 nitrogen and oxygen atoms in total. The number of rotatable bonds is 8. The molecule has 0 atom stereocenters. The molecule has 1 amide bonds. The van der Waals surface area contributed by atoms with Crippen molar-refractivity contribution in [2.75, 3.05) is 25.6 Å². The third-order valence-corrected chi connectivity index (χ3v) is 3.72. The molecule has 0 saturated heterocycles. The number of halogens is 3. The zero-order valence-corrected chi connectivity index (χ0v) is 14.9. The number of nitrogens with one attached hydrogen (secondary N) is 1. The molecule has 9 heteroatoms. The summed E-state index contributed by atoms with van der Waals surface area (Å²) in [4.78, 5) is 23.6. The van der Waals surface area contributed by atoms with Gasteiger partial charge in [-0.05, 0) is 29.8 Å². The summed E-state index contributed by atoms with van der Waals surface area (Å²) >= 11 is 0. The maximum atomic E-state index is 13.0. The maximum absolute atomic E-state index is 13.0. The zero-order chi connectivity index (χ0) is 20.7. The number of benzene rings is 2. The van der Waals surface area contributed by atoms with Crippen molar-refractivity contribution in [1.82, 2.24) is 0 Å². The van der Waals surface area contributed by atoms with E-state index in [9.17, 15) is 27.9 Å². The molecule has 2 aromatic carbocycles. The van der Waals surface area contributed by atoms with Crippen molar-refractivity contribution < 1.29 is 37.3 Å². The Bertz CT molecular complexity index is 852. The first-order valence-electron chi connectivity index (χ1n) is 8.16. The predicted octanol–water partition coefficient (Wildman–Crippen LogP) is 3.61. The van der Waals surface area contributed by atoms with Crippen molar-refractivity contribution >= 4 is 17.6 Å². The van der Waals surface area contributed by atoms with Crippen LogP contribution in [0, 0.1) is 0 Å². The van der Waals surface area contributed by atoms with Gasteiger partial charge < -0.3 is 19.9 Å². The molecule has 0 aromatic heterocycles. The lowest BCUT2D eigenvalue weighted by atomic mass is 10.0. The van der Waals surface area contributed by atoms with Gasteiger partial charge in [0.15, 0.2) is 0 Å². The molecular formula is C19H18F3NO5. The van der Waals surface area contributed by atoms with Crippen LogP contribution in [0.3, 0.4) is 0 Å². The van der Waals surface area contributed by atoms with Gasteiger partial charge in [0.1, 0.15) is 12.4 Å². The molecule has 28 heavy (non-hydrogen) atoms. The smallest absolute Gasteiger partial charge is 0.416 e. The number of hydrogen-bond acceptors (Lipinski definition) is 4. The molecular weight excluding hydrogens is 379 g/mol. The van der Waals surface area contributed by atoms with Crippen molar-refractivity contribution in [3.8, 4) is 5.75 Å². The van der Waals surface area contributed by atoms with Gasteiger partial charge in [0, 0.05) is 7.11 Å². The Morgan fingerprint density at radius 3 is 2.46 bits per heavy atom. The molecule has 0 spiro atoms. The minimum absolute atomic E-state index is 0.0462. The van der Waals surface area contributed by atoms with Gasteiger partial charge >= 0.3 is 12.1 Å². The van der Waals surface area contributed by atoms with Crippen LogP contribution in [0.15, 0.2) is 42.5 Å². The van der Waals surface area contributed by atoms with Gasteiger partial charge in [-0.15, -0.1) is 0 Å². The third kappa shape index (κ3) is 5.71. The van der Waals surface area contributed by atoms with Crippen LogP contribution in [-0.4, -0.2) is 37.3 Å². The van der Waals surface area contributed by atoms with Crippen LogP contribution in [0.4, 0.5) is 18.9 Å². The van der Waals surface area contributed by atoms with Crippen molar-refractivity contribution in [3.63, 3.8) is 0 Å². The molecule has 0 radical (unpaired) electrons. The number of carboxylic acids is 1. The molecule has 0 aliphatic heterocycles. The Hall–Kier alpha value is -3.07. The lowest BCUT2D eigenvalue weighted by molar-refractivity contribution is -0.137. The summed E-state index contributed by atoms with van der Waals surface area (Å²) in [5.74, 6) is -1.83. The van der Waals surface area contributed by atoms with Crippen LogP contribution in [0.25, 0.3) is 0 Å². The molecule has 2 N–H and O–H groups in total. The largest absolute Gasteiger partial charge is 0.489 e. The Labute approximate surface area is 158 Å². The summed E-state index contributed by atoms with van der Waals surface area (Å²) in [7, 11) is 1.44. The fraction of sp³-hybridized carbons (Fsp3) is 0.263. The maximum Gasteiger partial charge on any atom is 0.416 e. The number of carbonyl (C=O) groups is 2. The van der Waals surface area contributed by atoms with E-state index in [1.165, 1.54) is 25.3 Å². The highest BCUT2D eigenvalue weighted by molar-refractivity contribution is 5.96. The summed E-state index contributed by atoms with van der Waals surface area (Å²) in [6.07, 6.45) is -4.92. The Morgan fingerprint density at radius 1 is 1.11 bits per heavy atom. The number of ether oxygens (including phenoxy) is 2. The second-order valence-electron chi connectivity index (χ2n) is 5.74. The fourth-order valence-corrected chi connectivity index (χ4v) is 2.42. The summed E-state index contributed by atoms with van der Waals surface area (Å²) < 4.78 is 49.2. The third-order valence-electron chi connectivity index (χ3n) is 3.72. The van der Waals surface area contributed by atoms with Gasteiger partial charge in [-0.2, -0.15) is 13.2 Å². The van der Waals surface area contributed by atoms with E-state index in [4.69, 9.17) is 9.47 Å². The van der Waals surface area contributed by atoms with Crippen molar-refractivity contribution in [3.05, 3.63) is 59.2 Å². The summed E-state index contributed by atoms with van der Waals surface area (Å²) in [5.41, 5.74) is -0.934. The molecule has 2 rings (SSSR count). The van der Waals surface area contributed by atoms with Crippen LogP contribution < -0.4 is 10.1 Å². The number of aromatic carboxylic acids is 1. The fourth-order valence-electron chi connectivity index (χ4n) is 2.42. The molecule has 0 aliphatic rings. The van der Waals surface area contributed by atoms with E-state index in [0.29, 0.717) is 0 Å². The van der Waals surface area contributed by atoms with Crippen LogP contribution in [0.5, 0.6) is 5.75 Å². The van der Waals surface area contributed by atoms with Crippen LogP contribution in [0.2, 0.25) is 0 Å². The molecule has 0 unspecified atom stereocenters. The number of methoxy groups -OCH3 is 1. The molecule has 0 bridgehead atoms. The number of alkyl halides is 3. The first-order chi connectivity index (χ1) is 13.2. The number of amides is 1. The number of carboxylic acid groups (broad SMARTS) is 1. The lowest BCUT2D eigenvalue weighted by Crippen LogP contribution is -2.18. The predicted molar refractivity (Wildman–Crippen MR) is 94.6 cm³/mol. The second kappa shape index (κ2) is 9.23. The van der Waals surface area contributed by atoms with Crippen LogP contribution in [0.1, 0.15) is 21.5 Å². The highest BCUT2D eigenvalue weighted by Gasteiger charge is 2.31. The average Bonchev–Trinajstić information content (AvgIpc) is 2.62. The number of hydrogen-bond donors (Lipinski definition) is 2. The van der Waals surface area contributed by atoms with Gasteiger partial charge in [0.05, 0.1) is 29.8 Å². The van der Waals surface area contributed by atoms with E-state index in [-0.39, 0.29) is 42.2 Å². The van der Waals surface area contributed by atoms with Crippen LogP contribution >= 0.6 is 0 Å². The Kier molecular flexibility index (Phi) is 7.00. The minimum atomic E-state index is -4.60. The topological polar surface area (TPSA) is 84.9 Å². The molecule has 0 aliphatic carbocycles. The molecule has 0 heterocycles. The normalized spacial score (nSPS) is 11.1. The van der Waals surface area contributed by atoms with E-state index in [1.54, 1.807) is 6.07 Å². The zero-order valence-electron chi connectivity index (χ0n) is 14.9. The summed E-state index contributed by atoms with van der Waals surface area (Å²) in [5, 5.41) is 11.5.